The van der Waals surface area contributed by atoms with E-state index in [1.165, 1.54) is 12.1 Å². The van der Waals surface area contributed by atoms with E-state index in [4.69, 9.17) is 4.18 Å². The highest BCUT2D eigenvalue weighted by atomic mass is 32.2. The first kappa shape index (κ1) is 27.2. The fourth-order valence-electron chi connectivity index (χ4n) is 4.04. The molecule has 0 radical (unpaired) electrons. The summed E-state index contributed by atoms with van der Waals surface area (Å²) in [4.78, 5) is 14.5. The average Bonchev–Trinajstić information content (AvgIpc) is 2.88. The monoisotopic (exact) mass is 541 g/mol. The molecule has 0 spiro atoms. The van der Waals surface area contributed by atoms with E-state index in [1.54, 1.807) is 23.1 Å². The van der Waals surface area contributed by atoms with E-state index in [2.05, 4.69) is 0 Å². The van der Waals surface area contributed by atoms with Crippen molar-refractivity contribution < 1.29 is 30.6 Å². The van der Waals surface area contributed by atoms with Gasteiger partial charge in [-0.3, -0.25) is 4.79 Å². The molecule has 198 valence electrons. The maximum absolute atomic E-state index is 13.4. The van der Waals surface area contributed by atoms with Gasteiger partial charge in [-0.05, 0) is 64.7 Å². The van der Waals surface area contributed by atoms with Crippen LogP contribution in [-0.4, -0.2) is 25.8 Å². The summed E-state index contributed by atoms with van der Waals surface area (Å²) in [6.07, 6.45) is -4.68. The van der Waals surface area contributed by atoms with Gasteiger partial charge in [0.25, 0.3) is 5.91 Å². The summed E-state index contributed by atoms with van der Waals surface area (Å²) in [6.45, 7) is 4.81. The zero-order valence-electron chi connectivity index (χ0n) is 20.8. The number of hydrogen-bond donors (Lipinski definition) is 0. The fraction of sp³-hybridized carbons (Fsp3) is 0.207. The minimum absolute atomic E-state index is 0.0533. The summed E-state index contributed by atoms with van der Waals surface area (Å²) in [7, 11) is -4.48. The zero-order valence-corrected chi connectivity index (χ0v) is 21.6. The molecule has 0 unspecified atom stereocenters. The maximum atomic E-state index is 13.4. The molecule has 0 fully saturated rings. The Bertz CT molecular complexity index is 1550. The minimum atomic E-state index is -4.68. The molecule has 0 saturated heterocycles. The molecule has 0 heterocycles. The summed E-state index contributed by atoms with van der Waals surface area (Å²) in [5.41, 5.74) is 0.221. The van der Waals surface area contributed by atoms with Gasteiger partial charge >= 0.3 is 16.3 Å². The number of hydrogen-bond acceptors (Lipinski definition) is 4. The molecule has 4 aromatic carbocycles. The topological polar surface area (TPSA) is 63.7 Å². The number of amides is 1. The first-order valence-electron chi connectivity index (χ1n) is 11.9. The molecule has 0 atom stereocenters. The number of carbonyl (C=O) groups is 1. The van der Waals surface area contributed by atoms with Gasteiger partial charge in [0.1, 0.15) is 10.6 Å². The summed E-state index contributed by atoms with van der Waals surface area (Å²) in [5.74, 6) is 0.0268. The Morgan fingerprint density at radius 2 is 1.55 bits per heavy atom. The Hall–Kier alpha value is -3.85. The molecule has 0 aliphatic rings. The van der Waals surface area contributed by atoms with Crippen molar-refractivity contribution in [3.05, 3.63) is 108 Å². The van der Waals surface area contributed by atoms with Crippen molar-refractivity contribution in [1.82, 2.24) is 4.90 Å². The van der Waals surface area contributed by atoms with Gasteiger partial charge in [-0.15, -0.1) is 0 Å². The molecule has 0 saturated carbocycles. The van der Waals surface area contributed by atoms with Crippen LogP contribution in [0.5, 0.6) is 5.75 Å². The van der Waals surface area contributed by atoms with Crippen molar-refractivity contribution in [2.75, 3.05) is 6.54 Å². The number of benzene rings is 4. The van der Waals surface area contributed by atoms with Crippen molar-refractivity contribution in [3.63, 3.8) is 0 Å². The van der Waals surface area contributed by atoms with Crippen molar-refractivity contribution in [2.24, 2.45) is 5.92 Å². The van der Waals surface area contributed by atoms with Crippen molar-refractivity contribution in [2.45, 2.75) is 31.5 Å². The third-order valence-electron chi connectivity index (χ3n) is 5.82. The second-order valence-electron chi connectivity index (χ2n) is 9.35. The number of nitrogens with zero attached hydrogens (tertiary/aromatic N) is 1. The summed E-state index contributed by atoms with van der Waals surface area (Å²) < 4.78 is 69.1. The standard InChI is InChI=1S/C29H26F3NO4S/c1-20(2)18-33(28(34)24-13-12-22-6-3-4-7-23(22)16-24)19-21-10-14-26(15-11-21)37-38(35,36)27-9-5-8-25(17-27)29(30,31)32/h3-17,20H,18-19H2,1-2H3. The Morgan fingerprint density at radius 1 is 0.868 bits per heavy atom. The highest BCUT2D eigenvalue weighted by Gasteiger charge is 2.32. The highest BCUT2D eigenvalue weighted by molar-refractivity contribution is 7.87. The Labute approximate surface area is 219 Å². The van der Waals surface area contributed by atoms with Crippen LogP contribution in [0.4, 0.5) is 13.2 Å². The third kappa shape index (κ3) is 6.52. The summed E-state index contributed by atoms with van der Waals surface area (Å²) in [5, 5.41) is 2.00. The Morgan fingerprint density at radius 3 is 2.21 bits per heavy atom. The second kappa shape index (κ2) is 10.9. The van der Waals surface area contributed by atoms with Crippen LogP contribution in [-0.2, 0) is 22.8 Å². The minimum Gasteiger partial charge on any atom is -0.379 e. The van der Waals surface area contributed by atoms with E-state index < -0.39 is 26.8 Å². The van der Waals surface area contributed by atoms with Crippen LogP contribution in [0, 0.1) is 5.92 Å². The van der Waals surface area contributed by atoms with Crippen LogP contribution in [0.15, 0.2) is 95.9 Å². The predicted molar refractivity (Wildman–Crippen MR) is 139 cm³/mol. The molecule has 38 heavy (non-hydrogen) atoms. The number of alkyl halides is 3. The van der Waals surface area contributed by atoms with E-state index in [9.17, 15) is 26.4 Å². The van der Waals surface area contributed by atoms with Crippen molar-refractivity contribution >= 4 is 26.8 Å². The second-order valence-corrected chi connectivity index (χ2v) is 10.9. The zero-order chi connectivity index (χ0) is 27.5. The molecule has 9 heteroatoms. The quantitative estimate of drug-likeness (QED) is 0.227. The lowest BCUT2D eigenvalue weighted by molar-refractivity contribution is -0.137. The normalized spacial score (nSPS) is 12.1. The fourth-order valence-corrected chi connectivity index (χ4v) is 5.02. The van der Waals surface area contributed by atoms with E-state index in [-0.39, 0.29) is 24.1 Å². The van der Waals surface area contributed by atoms with Gasteiger partial charge in [0.2, 0.25) is 0 Å². The van der Waals surface area contributed by atoms with Crippen LogP contribution in [0.2, 0.25) is 0 Å². The lowest BCUT2D eigenvalue weighted by Gasteiger charge is -2.25. The van der Waals surface area contributed by atoms with Gasteiger partial charge in [0, 0.05) is 18.7 Å². The Balaban J connectivity index is 1.51. The van der Waals surface area contributed by atoms with Gasteiger partial charge in [-0.25, -0.2) is 0 Å². The van der Waals surface area contributed by atoms with Gasteiger partial charge in [0.05, 0.1) is 5.56 Å². The molecule has 0 aromatic heterocycles. The van der Waals surface area contributed by atoms with E-state index >= 15 is 0 Å². The lowest BCUT2D eigenvalue weighted by Crippen LogP contribution is -2.33. The van der Waals surface area contributed by atoms with Crippen LogP contribution in [0.1, 0.15) is 35.3 Å². The molecule has 4 rings (SSSR count). The lowest BCUT2D eigenvalue weighted by atomic mass is 10.1. The predicted octanol–water partition coefficient (Wildman–Crippen LogP) is 6.92. The first-order chi connectivity index (χ1) is 17.9. The van der Waals surface area contributed by atoms with Gasteiger partial charge < -0.3 is 9.08 Å². The van der Waals surface area contributed by atoms with Crippen LogP contribution < -0.4 is 4.18 Å². The maximum Gasteiger partial charge on any atom is 0.416 e. The smallest absolute Gasteiger partial charge is 0.379 e. The summed E-state index contributed by atoms with van der Waals surface area (Å²) in [6, 6.07) is 22.8. The van der Waals surface area contributed by atoms with Crippen LogP contribution in [0.25, 0.3) is 10.8 Å². The number of rotatable bonds is 8. The van der Waals surface area contributed by atoms with Gasteiger partial charge in [-0.1, -0.05) is 62.4 Å². The van der Waals surface area contributed by atoms with E-state index in [0.717, 1.165) is 34.5 Å². The van der Waals surface area contributed by atoms with Crippen molar-refractivity contribution in [1.29, 1.82) is 0 Å². The molecule has 0 aliphatic carbocycles. The van der Waals surface area contributed by atoms with E-state index in [1.807, 2.05) is 50.2 Å². The molecular weight excluding hydrogens is 515 g/mol. The van der Waals surface area contributed by atoms with Crippen LogP contribution >= 0.6 is 0 Å². The number of carbonyl (C=O) groups excluding carboxylic acids is 1. The number of fused-ring (bicyclic) bond motifs is 1. The largest absolute Gasteiger partial charge is 0.416 e. The van der Waals surface area contributed by atoms with Gasteiger partial charge in [0.15, 0.2) is 0 Å². The third-order valence-corrected chi connectivity index (χ3v) is 7.07. The SMILES string of the molecule is CC(C)CN(Cc1ccc(OS(=O)(=O)c2cccc(C(F)(F)F)c2)cc1)C(=O)c1ccc2ccccc2c1. The molecule has 0 N–H and O–H groups in total. The number of halogens is 3. The Kier molecular flexibility index (Phi) is 7.78. The average molecular weight is 542 g/mol. The first-order valence-corrected chi connectivity index (χ1v) is 13.3. The molecule has 5 nitrogen and oxygen atoms in total. The highest BCUT2D eigenvalue weighted by Crippen LogP contribution is 2.31. The van der Waals surface area contributed by atoms with Gasteiger partial charge in [-0.2, -0.15) is 21.6 Å². The van der Waals surface area contributed by atoms with Crippen molar-refractivity contribution in [3.8, 4) is 5.75 Å². The van der Waals surface area contributed by atoms with Crippen LogP contribution in [0.3, 0.4) is 0 Å². The molecule has 1 amide bonds. The molecule has 0 aliphatic heterocycles. The molecular formula is C29H26F3NO4S. The molecule has 0 bridgehead atoms. The summed E-state index contributed by atoms with van der Waals surface area (Å²) >= 11 is 0. The molecule has 4 aromatic rings. The van der Waals surface area contributed by atoms with E-state index in [0.29, 0.717) is 18.2 Å².